The van der Waals surface area contributed by atoms with E-state index in [-0.39, 0.29) is 11.8 Å². The zero-order valence-electron chi connectivity index (χ0n) is 16.4. The molecule has 1 unspecified atom stereocenters. The molecule has 0 saturated heterocycles. The summed E-state index contributed by atoms with van der Waals surface area (Å²) in [6.07, 6.45) is 6.93. The third-order valence-electron chi connectivity index (χ3n) is 4.72. The topological polar surface area (TPSA) is 118 Å². The summed E-state index contributed by atoms with van der Waals surface area (Å²) >= 11 is 0. The summed E-state index contributed by atoms with van der Waals surface area (Å²) in [7, 11) is 0. The number of nitrogens with zero attached hydrogens (tertiary/aromatic N) is 4. The van der Waals surface area contributed by atoms with Crippen molar-refractivity contribution in [2.75, 3.05) is 0 Å². The molecule has 4 rings (SSSR count). The summed E-state index contributed by atoms with van der Waals surface area (Å²) in [5, 5.41) is 10.7. The summed E-state index contributed by atoms with van der Waals surface area (Å²) in [6.45, 7) is 1.70. The van der Waals surface area contributed by atoms with Gasteiger partial charge in [0, 0.05) is 43.2 Å². The number of carbonyl (C=O) groups is 2. The second-order valence-electron chi connectivity index (χ2n) is 6.90. The summed E-state index contributed by atoms with van der Waals surface area (Å²) in [5.74, 6) is 0.128. The van der Waals surface area contributed by atoms with E-state index in [1.165, 1.54) is 13.3 Å². The number of H-pyrrole nitrogens is 1. The average Bonchev–Trinajstić information content (AvgIpc) is 3.42. The predicted octanol–water partition coefficient (Wildman–Crippen LogP) is 1.51. The number of hydrogen-bond acceptors (Lipinski definition) is 5. The highest BCUT2D eigenvalue weighted by Crippen LogP contribution is 2.19. The van der Waals surface area contributed by atoms with Gasteiger partial charge in [0.1, 0.15) is 18.7 Å². The fraction of sp³-hybridized carbons (Fsp3) is 0.190. The molecule has 0 aliphatic carbocycles. The van der Waals surface area contributed by atoms with Crippen LogP contribution in [0.4, 0.5) is 0 Å². The summed E-state index contributed by atoms with van der Waals surface area (Å²) in [5.41, 5.74) is 2.80. The average molecular weight is 403 g/mol. The lowest BCUT2D eigenvalue weighted by molar-refractivity contribution is -0.128. The number of hydrogen-bond donors (Lipinski definition) is 3. The molecule has 0 aliphatic heterocycles. The van der Waals surface area contributed by atoms with Crippen LogP contribution in [-0.2, 0) is 22.6 Å². The van der Waals surface area contributed by atoms with Gasteiger partial charge in [-0.05, 0) is 23.3 Å². The van der Waals surface area contributed by atoms with Gasteiger partial charge in [-0.3, -0.25) is 9.59 Å². The molecule has 3 aromatic heterocycles. The van der Waals surface area contributed by atoms with Gasteiger partial charge >= 0.3 is 0 Å². The van der Waals surface area contributed by atoms with Gasteiger partial charge in [0.2, 0.25) is 11.8 Å². The SMILES string of the molecule is CC(=O)NC(Cc1c[nH]c2ccccc12)C(=O)NCc1ccc(-n2cncn2)nc1. The first kappa shape index (κ1) is 19.3. The lowest BCUT2D eigenvalue weighted by atomic mass is 10.0. The van der Waals surface area contributed by atoms with Crippen LogP contribution in [0, 0.1) is 0 Å². The molecule has 3 N–H and O–H groups in total. The molecule has 1 atom stereocenters. The Morgan fingerprint density at radius 3 is 2.80 bits per heavy atom. The minimum atomic E-state index is -0.677. The number of amides is 2. The maximum Gasteiger partial charge on any atom is 0.243 e. The Bertz CT molecular complexity index is 1150. The van der Waals surface area contributed by atoms with E-state index in [4.69, 9.17) is 0 Å². The van der Waals surface area contributed by atoms with Gasteiger partial charge < -0.3 is 15.6 Å². The number of para-hydroxylation sites is 1. The highest BCUT2D eigenvalue weighted by molar-refractivity contribution is 5.89. The number of rotatable bonds is 7. The minimum Gasteiger partial charge on any atom is -0.361 e. The molecule has 9 heteroatoms. The molecule has 152 valence electrons. The number of nitrogens with one attached hydrogen (secondary N) is 3. The van der Waals surface area contributed by atoms with Gasteiger partial charge in [0.15, 0.2) is 5.82 Å². The van der Waals surface area contributed by atoms with Crippen molar-refractivity contribution in [3.63, 3.8) is 0 Å². The fourth-order valence-corrected chi connectivity index (χ4v) is 3.27. The van der Waals surface area contributed by atoms with Crippen LogP contribution in [0.5, 0.6) is 0 Å². The van der Waals surface area contributed by atoms with Crippen molar-refractivity contribution in [2.24, 2.45) is 0 Å². The Morgan fingerprint density at radius 1 is 1.20 bits per heavy atom. The molecule has 2 amide bonds. The number of benzene rings is 1. The smallest absolute Gasteiger partial charge is 0.243 e. The van der Waals surface area contributed by atoms with E-state index in [0.29, 0.717) is 18.8 Å². The molecule has 3 heterocycles. The van der Waals surface area contributed by atoms with Crippen LogP contribution in [0.25, 0.3) is 16.7 Å². The van der Waals surface area contributed by atoms with E-state index in [1.807, 2.05) is 36.5 Å². The summed E-state index contributed by atoms with van der Waals surface area (Å²) < 4.78 is 1.55. The lowest BCUT2D eigenvalue weighted by Gasteiger charge is -2.17. The fourth-order valence-electron chi connectivity index (χ4n) is 3.27. The number of aromatic nitrogens is 5. The first-order valence-corrected chi connectivity index (χ1v) is 9.50. The molecule has 0 radical (unpaired) electrons. The van der Waals surface area contributed by atoms with E-state index < -0.39 is 6.04 Å². The number of pyridine rings is 1. The number of carbonyl (C=O) groups excluding carboxylic acids is 2. The van der Waals surface area contributed by atoms with Crippen LogP contribution in [0.3, 0.4) is 0 Å². The Morgan fingerprint density at radius 2 is 2.07 bits per heavy atom. The molecular formula is C21H21N7O2. The van der Waals surface area contributed by atoms with Crippen LogP contribution in [0.2, 0.25) is 0 Å². The van der Waals surface area contributed by atoms with Crippen LogP contribution >= 0.6 is 0 Å². The molecule has 1 aromatic carbocycles. The summed E-state index contributed by atoms with van der Waals surface area (Å²) in [4.78, 5) is 35.9. The molecule has 0 aliphatic rings. The third kappa shape index (κ3) is 4.35. The Kier molecular flexibility index (Phi) is 5.51. The van der Waals surface area contributed by atoms with Crippen molar-refractivity contribution in [3.8, 4) is 5.82 Å². The Balaban J connectivity index is 1.42. The van der Waals surface area contributed by atoms with Gasteiger partial charge in [-0.15, -0.1) is 0 Å². The first-order valence-electron chi connectivity index (χ1n) is 9.50. The van der Waals surface area contributed by atoms with Gasteiger partial charge in [-0.2, -0.15) is 5.10 Å². The van der Waals surface area contributed by atoms with Crippen molar-refractivity contribution < 1.29 is 9.59 Å². The second kappa shape index (κ2) is 8.56. The van der Waals surface area contributed by atoms with E-state index >= 15 is 0 Å². The predicted molar refractivity (Wildman–Crippen MR) is 111 cm³/mol. The number of aromatic amines is 1. The van der Waals surface area contributed by atoms with Crippen molar-refractivity contribution in [1.82, 2.24) is 35.4 Å². The van der Waals surface area contributed by atoms with E-state index in [0.717, 1.165) is 22.0 Å². The zero-order chi connectivity index (χ0) is 20.9. The van der Waals surface area contributed by atoms with Gasteiger partial charge in [-0.1, -0.05) is 24.3 Å². The van der Waals surface area contributed by atoms with Crippen molar-refractivity contribution in [3.05, 3.63) is 72.6 Å². The van der Waals surface area contributed by atoms with E-state index in [1.54, 1.807) is 23.3 Å². The number of fused-ring (bicyclic) bond motifs is 1. The van der Waals surface area contributed by atoms with Crippen LogP contribution < -0.4 is 10.6 Å². The standard InChI is InChI=1S/C21H21N7O2/c1-14(29)27-19(8-16-11-23-18-5-3-2-4-17(16)18)21(30)25-10-15-6-7-20(24-9-15)28-13-22-12-26-28/h2-7,9,11-13,19,23H,8,10H2,1H3,(H,25,30)(H,27,29). The zero-order valence-corrected chi connectivity index (χ0v) is 16.4. The van der Waals surface area contributed by atoms with Gasteiger partial charge in [0.25, 0.3) is 0 Å². The molecule has 0 spiro atoms. The normalized spacial score (nSPS) is 11.9. The lowest BCUT2D eigenvalue weighted by Crippen LogP contribution is -2.47. The van der Waals surface area contributed by atoms with Crippen LogP contribution in [0.15, 0.2) is 61.4 Å². The minimum absolute atomic E-state index is 0.254. The largest absolute Gasteiger partial charge is 0.361 e. The molecule has 0 fully saturated rings. The second-order valence-corrected chi connectivity index (χ2v) is 6.90. The van der Waals surface area contributed by atoms with Crippen LogP contribution in [-0.4, -0.2) is 42.6 Å². The van der Waals surface area contributed by atoms with Gasteiger partial charge in [-0.25, -0.2) is 14.6 Å². The third-order valence-corrected chi connectivity index (χ3v) is 4.72. The Hall–Kier alpha value is -4.01. The van der Waals surface area contributed by atoms with E-state index in [2.05, 4.69) is 30.7 Å². The quantitative estimate of drug-likeness (QED) is 0.432. The Labute approximate surface area is 172 Å². The van der Waals surface area contributed by atoms with Gasteiger partial charge in [0.05, 0.1) is 0 Å². The molecule has 0 bridgehead atoms. The first-order chi connectivity index (χ1) is 14.6. The highest BCUT2D eigenvalue weighted by atomic mass is 16.2. The van der Waals surface area contributed by atoms with Crippen LogP contribution in [0.1, 0.15) is 18.1 Å². The molecule has 30 heavy (non-hydrogen) atoms. The monoisotopic (exact) mass is 403 g/mol. The molecule has 9 nitrogen and oxygen atoms in total. The maximum atomic E-state index is 12.8. The molecule has 0 saturated carbocycles. The highest BCUT2D eigenvalue weighted by Gasteiger charge is 2.21. The molecule has 4 aromatic rings. The van der Waals surface area contributed by atoms with Crippen molar-refractivity contribution >= 4 is 22.7 Å². The van der Waals surface area contributed by atoms with Crippen molar-refractivity contribution in [2.45, 2.75) is 25.9 Å². The molecular weight excluding hydrogens is 382 g/mol. The van der Waals surface area contributed by atoms with Crippen molar-refractivity contribution in [1.29, 1.82) is 0 Å². The summed E-state index contributed by atoms with van der Waals surface area (Å²) in [6, 6.07) is 10.8. The maximum absolute atomic E-state index is 12.8. The van der Waals surface area contributed by atoms with E-state index in [9.17, 15) is 9.59 Å².